The summed E-state index contributed by atoms with van der Waals surface area (Å²) in [7, 11) is 0. The van der Waals surface area contributed by atoms with E-state index < -0.39 is 11.9 Å². The highest BCUT2D eigenvalue weighted by Crippen LogP contribution is 2.38. The fourth-order valence-electron chi connectivity index (χ4n) is 4.25. The van der Waals surface area contributed by atoms with Crippen LogP contribution in [-0.2, 0) is 38.4 Å². The van der Waals surface area contributed by atoms with Crippen molar-refractivity contribution in [3.8, 4) is 0 Å². The van der Waals surface area contributed by atoms with E-state index in [4.69, 9.17) is 9.47 Å². The average Bonchev–Trinajstić information content (AvgIpc) is 3.41. The third-order valence-corrected chi connectivity index (χ3v) is 9.06. The maximum absolute atomic E-state index is 13.7. The number of carbonyl (C=O) groups excluding carboxylic acids is 3. The van der Waals surface area contributed by atoms with Crippen LogP contribution in [-0.4, -0.2) is 53.7 Å². The quantitative estimate of drug-likeness (QED) is 0.259. The number of halogens is 1. The lowest BCUT2D eigenvalue weighted by Crippen LogP contribution is -2.21. The molecule has 1 aliphatic carbocycles. The van der Waals surface area contributed by atoms with Crippen LogP contribution < -0.4 is 10.1 Å². The van der Waals surface area contributed by atoms with Gasteiger partial charge in [0.15, 0.2) is 4.80 Å². The number of hydrogen-bond acceptors (Lipinski definition) is 8. The summed E-state index contributed by atoms with van der Waals surface area (Å²) in [5, 5.41) is 3.37. The van der Waals surface area contributed by atoms with E-state index in [0.717, 1.165) is 53.4 Å². The first-order valence-corrected chi connectivity index (χ1v) is 15.3. The molecule has 0 saturated heterocycles. The van der Waals surface area contributed by atoms with Gasteiger partial charge in [-0.15, -0.1) is 23.1 Å². The minimum Gasteiger partial charge on any atom is -0.462 e. The summed E-state index contributed by atoms with van der Waals surface area (Å²) in [6.07, 6.45) is 3.76. The summed E-state index contributed by atoms with van der Waals surface area (Å²) in [4.78, 5) is 43.7. The zero-order valence-electron chi connectivity index (χ0n) is 21.3. The van der Waals surface area contributed by atoms with E-state index >= 15 is 0 Å². The Bertz CT molecular complexity index is 1390. The molecule has 2 aromatic heterocycles. The highest BCUT2D eigenvalue weighted by molar-refractivity contribution is 8.00. The van der Waals surface area contributed by atoms with Crippen LogP contribution in [0.2, 0.25) is 0 Å². The van der Waals surface area contributed by atoms with Gasteiger partial charge in [-0.05, 0) is 63.3 Å². The number of fused-ring (bicyclic) bond motifs is 2. The van der Waals surface area contributed by atoms with Gasteiger partial charge < -0.3 is 19.4 Å². The lowest BCUT2D eigenvalue weighted by atomic mass is 9.95. The number of thiazole rings is 1. The van der Waals surface area contributed by atoms with E-state index in [0.29, 0.717) is 39.8 Å². The number of esters is 1. The lowest BCUT2D eigenvalue weighted by Gasteiger charge is -2.12. The van der Waals surface area contributed by atoms with Crippen molar-refractivity contribution in [3.63, 3.8) is 0 Å². The van der Waals surface area contributed by atoms with Crippen LogP contribution in [0.5, 0.6) is 0 Å². The number of thiophene rings is 1. The molecule has 1 N–H and O–H groups in total. The summed E-state index contributed by atoms with van der Waals surface area (Å²) in [5.41, 5.74) is 2.23. The standard InChI is InChI=1S/C26H30FN3O5S3/c1-3-34-12-11-30-18-10-9-16(27)13-20(18)38-26(30)29-22(32)15-36-14-21(31)28-24-23(25(33)35-4-2)17-7-5-6-8-19(17)37-24/h9-10,13H,3-8,11-12,14-15H2,1-2H3,(H,28,31). The number of rotatable bonds is 11. The molecule has 1 aromatic carbocycles. The van der Waals surface area contributed by atoms with Gasteiger partial charge in [-0.25, -0.2) is 9.18 Å². The monoisotopic (exact) mass is 579 g/mol. The Morgan fingerprint density at radius 3 is 2.74 bits per heavy atom. The fourth-order valence-corrected chi connectivity index (χ4v) is 7.25. The highest BCUT2D eigenvalue weighted by atomic mass is 32.2. The first-order valence-electron chi connectivity index (χ1n) is 12.5. The summed E-state index contributed by atoms with van der Waals surface area (Å²) >= 11 is 3.82. The molecule has 38 heavy (non-hydrogen) atoms. The van der Waals surface area contributed by atoms with Crippen molar-refractivity contribution in [2.24, 2.45) is 4.99 Å². The molecule has 2 heterocycles. The molecule has 0 saturated carbocycles. The normalized spacial score (nSPS) is 13.5. The Morgan fingerprint density at radius 1 is 1.13 bits per heavy atom. The third-order valence-electron chi connectivity index (χ3n) is 5.89. The van der Waals surface area contributed by atoms with E-state index in [1.54, 1.807) is 13.0 Å². The highest BCUT2D eigenvalue weighted by Gasteiger charge is 2.27. The number of aryl methyl sites for hydroxylation is 1. The van der Waals surface area contributed by atoms with Crippen LogP contribution in [0.4, 0.5) is 9.39 Å². The maximum atomic E-state index is 13.7. The van der Waals surface area contributed by atoms with Crippen molar-refractivity contribution in [1.82, 2.24) is 4.57 Å². The molecule has 0 unspecified atom stereocenters. The van der Waals surface area contributed by atoms with E-state index in [9.17, 15) is 18.8 Å². The van der Waals surface area contributed by atoms with Crippen LogP contribution in [0.3, 0.4) is 0 Å². The van der Waals surface area contributed by atoms with E-state index in [2.05, 4.69) is 10.3 Å². The Hall–Kier alpha value is -2.54. The number of amides is 2. The molecule has 12 heteroatoms. The van der Waals surface area contributed by atoms with Gasteiger partial charge >= 0.3 is 5.97 Å². The zero-order chi connectivity index (χ0) is 27.1. The molecule has 0 spiro atoms. The number of hydrogen-bond donors (Lipinski definition) is 1. The molecule has 0 radical (unpaired) electrons. The van der Waals surface area contributed by atoms with Gasteiger partial charge in [0.05, 0.1) is 40.5 Å². The predicted molar refractivity (Wildman–Crippen MR) is 150 cm³/mol. The lowest BCUT2D eigenvalue weighted by molar-refractivity contribution is -0.115. The number of nitrogens with one attached hydrogen (secondary N) is 1. The van der Waals surface area contributed by atoms with E-state index in [1.165, 1.54) is 34.8 Å². The third kappa shape index (κ3) is 6.90. The Balaban J connectivity index is 1.41. The molecule has 204 valence electrons. The van der Waals surface area contributed by atoms with E-state index in [-0.39, 0.29) is 29.8 Å². The zero-order valence-corrected chi connectivity index (χ0v) is 23.8. The molecule has 1 aliphatic rings. The van der Waals surface area contributed by atoms with Crippen molar-refractivity contribution in [2.45, 2.75) is 46.1 Å². The Kier molecular flexibility index (Phi) is 10.1. The topological polar surface area (TPSA) is 99.0 Å². The number of aromatic nitrogens is 1. The minimum absolute atomic E-state index is 0.00710. The number of nitrogens with zero attached hydrogens (tertiary/aromatic N) is 2. The number of anilines is 1. The summed E-state index contributed by atoms with van der Waals surface area (Å²) in [6.45, 7) is 5.41. The summed E-state index contributed by atoms with van der Waals surface area (Å²) in [5.74, 6) is -1.41. The molecular weight excluding hydrogens is 550 g/mol. The van der Waals surface area contributed by atoms with Gasteiger partial charge in [-0.3, -0.25) is 9.59 Å². The maximum Gasteiger partial charge on any atom is 0.341 e. The first kappa shape index (κ1) is 28.5. The Morgan fingerprint density at radius 2 is 1.95 bits per heavy atom. The fraction of sp³-hybridized carbons (Fsp3) is 0.462. The van der Waals surface area contributed by atoms with Gasteiger partial charge in [0.2, 0.25) is 5.91 Å². The van der Waals surface area contributed by atoms with Gasteiger partial charge in [0.25, 0.3) is 5.91 Å². The van der Waals surface area contributed by atoms with Crippen LogP contribution in [0, 0.1) is 5.82 Å². The number of thioether (sulfide) groups is 1. The first-order chi connectivity index (χ1) is 18.4. The summed E-state index contributed by atoms with van der Waals surface area (Å²) in [6, 6.07) is 4.47. The number of benzene rings is 1. The van der Waals surface area contributed by atoms with Crippen molar-refractivity contribution >= 4 is 67.4 Å². The van der Waals surface area contributed by atoms with Crippen molar-refractivity contribution < 1.29 is 28.2 Å². The van der Waals surface area contributed by atoms with Gasteiger partial charge in [-0.2, -0.15) is 4.99 Å². The summed E-state index contributed by atoms with van der Waals surface area (Å²) < 4.78 is 27.0. The molecule has 0 fully saturated rings. The van der Waals surface area contributed by atoms with Gasteiger partial charge in [0.1, 0.15) is 10.8 Å². The molecule has 8 nitrogen and oxygen atoms in total. The SMILES string of the molecule is CCOCCn1c(=NC(=O)CSCC(=O)Nc2sc3c(c2C(=O)OCC)CCCC3)sc2cc(F)ccc21. The van der Waals surface area contributed by atoms with Crippen LogP contribution in [0.15, 0.2) is 23.2 Å². The van der Waals surface area contributed by atoms with Gasteiger partial charge in [0, 0.05) is 18.0 Å². The molecule has 4 rings (SSSR count). The minimum atomic E-state index is -0.412. The van der Waals surface area contributed by atoms with Crippen molar-refractivity contribution in [3.05, 3.63) is 44.8 Å². The number of carbonyl (C=O) groups is 3. The van der Waals surface area contributed by atoms with Crippen LogP contribution >= 0.6 is 34.4 Å². The largest absolute Gasteiger partial charge is 0.462 e. The molecule has 3 aromatic rings. The molecule has 0 atom stereocenters. The van der Waals surface area contributed by atoms with E-state index in [1.807, 2.05) is 11.5 Å². The molecular formula is C26H30FN3O5S3. The molecule has 0 bridgehead atoms. The van der Waals surface area contributed by atoms with Gasteiger partial charge in [-0.1, -0.05) is 11.3 Å². The Labute approximate surface area is 232 Å². The second-order valence-corrected chi connectivity index (χ2v) is 11.6. The molecule has 0 aliphatic heterocycles. The molecule has 2 amide bonds. The second-order valence-electron chi connectivity index (χ2n) is 8.53. The van der Waals surface area contributed by atoms with Crippen molar-refractivity contribution in [2.75, 3.05) is 36.6 Å². The van der Waals surface area contributed by atoms with Crippen LogP contribution in [0.1, 0.15) is 47.5 Å². The number of ether oxygens (including phenoxy) is 2. The second kappa shape index (κ2) is 13.5. The predicted octanol–water partition coefficient (Wildman–Crippen LogP) is 4.79. The van der Waals surface area contributed by atoms with Crippen molar-refractivity contribution in [1.29, 1.82) is 0 Å². The van der Waals surface area contributed by atoms with Crippen LogP contribution in [0.25, 0.3) is 10.2 Å². The smallest absolute Gasteiger partial charge is 0.341 e. The average molecular weight is 580 g/mol.